The summed E-state index contributed by atoms with van der Waals surface area (Å²) < 4.78 is 11.2. The molecule has 2 heterocycles. The van der Waals surface area contributed by atoms with E-state index in [1.807, 2.05) is 71.6 Å². The molecule has 0 aliphatic carbocycles. The highest BCUT2D eigenvalue weighted by atomic mass is 35.5. The molecule has 3 aromatic rings. The maximum absolute atomic E-state index is 12.2. The number of hydrogen-bond acceptors (Lipinski definition) is 6. The van der Waals surface area contributed by atoms with Crippen molar-refractivity contribution in [2.24, 2.45) is 4.99 Å². The Morgan fingerprint density at radius 1 is 0.946 bits per heavy atom. The quantitative estimate of drug-likeness (QED) is 0.431. The summed E-state index contributed by atoms with van der Waals surface area (Å²) in [5, 5.41) is 4.77. The van der Waals surface area contributed by atoms with Crippen LogP contribution in [0.5, 0.6) is 11.5 Å². The fourth-order valence-electron chi connectivity index (χ4n) is 5.08. The number of aliphatic imine (C=N–C) groups is 1. The van der Waals surface area contributed by atoms with Crippen LogP contribution in [0, 0.1) is 0 Å². The monoisotopic (exact) mass is 538 g/mol. The van der Waals surface area contributed by atoms with Crippen LogP contribution in [0.4, 0.5) is 0 Å². The van der Waals surface area contributed by atoms with Crippen LogP contribution in [-0.2, 0) is 4.79 Å². The minimum absolute atomic E-state index is 0.215. The summed E-state index contributed by atoms with van der Waals surface area (Å²) in [6, 6.07) is 20.8. The van der Waals surface area contributed by atoms with E-state index >= 15 is 0 Å². The fraction of sp³-hybridized carbons (Fsp3) is 0.286. The Hall–Kier alpha value is -3.26. The van der Waals surface area contributed by atoms with Gasteiger partial charge in [-0.15, -0.1) is 0 Å². The van der Waals surface area contributed by atoms with Crippen LogP contribution >= 0.6 is 23.2 Å². The zero-order valence-electron chi connectivity index (χ0n) is 20.6. The lowest BCUT2D eigenvalue weighted by atomic mass is 9.93. The molecule has 5 rings (SSSR count). The predicted molar refractivity (Wildman–Crippen MR) is 146 cm³/mol. The van der Waals surface area contributed by atoms with Gasteiger partial charge in [-0.2, -0.15) is 0 Å². The molecule has 0 aromatic heterocycles. The van der Waals surface area contributed by atoms with Gasteiger partial charge in [0.1, 0.15) is 29.5 Å². The van der Waals surface area contributed by atoms with Crippen LogP contribution in [0.25, 0.3) is 0 Å². The lowest BCUT2D eigenvalue weighted by Gasteiger charge is -2.44. The first kappa shape index (κ1) is 25.4. The van der Waals surface area contributed by atoms with E-state index in [9.17, 15) is 4.79 Å². The highest BCUT2D eigenvalue weighted by Gasteiger charge is 2.45. The smallest absolute Gasteiger partial charge is 0.211 e. The van der Waals surface area contributed by atoms with Crippen LogP contribution in [0.2, 0.25) is 10.0 Å². The summed E-state index contributed by atoms with van der Waals surface area (Å²) in [5.74, 6) is 2.05. The summed E-state index contributed by atoms with van der Waals surface area (Å²) >= 11 is 12.5. The van der Waals surface area contributed by atoms with E-state index in [0.717, 1.165) is 35.5 Å². The number of nitrogens with one attached hydrogen (secondary N) is 1. The Kier molecular flexibility index (Phi) is 7.55. The van der Waals surface area contributed by atoms with Crippen molar-refractivity contribution in [3.63, 3.8) is 0 Å². The average molecular weight is 539 g/mol. The maximum Gasteiger partial charge on any atom is 0.211 e. The van der Waals surface area contributed by atoms with Gasteiger partial charge in [0.05, 0.1) is 25.8 Å². The first-order valence-corrected chi connectivity index (χ1v) is 12.8. The van der Waals surface area contributed by atoms with E-state index in [0.29, 0.717) is 34.6 Å². The van der Waals surface area contributed by atoms with Crippen molar-refractivity contribution in [2.75, 3.05) is 33.9 Å². The van der Waals surface area contributed by atoms with Crippen molar-refractivity contribution in [1.82, 2.24) is 15.1 Å². The molecule has 0 bridgehead atoms. The van der Waals surface area contributed by atoms with E-state index in [4.69, 9.17) is 37.7 Å². The van der Waals surface area contributed by atoms with Gasteiger partial charge in [0.2, 0.25) is 6.41 Å². The number of benzene rings is 3. The number of nitrogens with zero attached hydrogens (tertiary/aromatic N) is 3. The molecule has 0 spiro atoms. The standard InChI is InChI=1S/C28H28Cl2N4O3/c1-36-22-11-12-23(24(15-22)37-2)28-32-26(18-3-7-20(29)8-4-18)27(19-5-9-21(30)10-6-19)34(28)25-16-31-13-14-33(25)17-35/h3-12,15,17,25-27,31H,13-14,16H2,1-2H3. The third-order valence-corrected chi connectivity index (χ3v) is 7.39. The van der Waals surface area contributed by atoms with Gasteiger partial charge in [-0.25, -0.2) is 0 Å². The highest BCUT2D eigenvalue weighted by molar-refractivity contribution is 6.30. The van der Waals surface area contributed by atoms with Gasteiger partial charge in [-0.05, 0) is 47.5 Å². The van der Waals surface area contributed by atoms with Crippen molar-refractivity contribution in [3.05, 3.63) is 93.5 Å². The molecule has 1 amide bonds. The van der Waals surface area contributed by atoms with E-state index in [2.05, 4.69) is 10.2 Å². The zero-order chi connectivity index (χ0) is 25.9. The van der Waals surface area contributed by atoms with Gasteiger partial charge in [0.25, 0.3) is 0 Å². The molecule has 0 saturated carbocycles. The normalized spacial score (nSPS) is 21.5. The fourth-order valence-corrected chi connectivity index (χ4v) is 5.33. The van der Waals surface area contributed by atoms with Gasteiger partial charge in [-0.3, -0.25) is 9.79 Å². The topological polar surface area (TPSA) is 66.4 Å². The summed E-state index contributed by atoms with van der Waals surface area (Å²) in [6.45, 7) is 1.91. The molecule has 2 aliphatic rings. The third-order valence-electron chi connectivity index (χ3n) is 6.89. The van der Waals surface area contributed by atoms with Crippen molar-refractivity contribution < 1.29 is 14.3 Å². The van der Waals surface area contributed by atoms with Gasteiger partial charge in [-0.1, -0.05) is 47.5 Å². The highest BCUT2D eigenvalue weighted by Crippen LogP contribution is 2.46. The molecular weight excluding hydrogens is 511 g/mol. The maximum atomic E-state index is 12.2. The molecule has 0 radical (unpaired) electrons. The minimum Gasteiger partial charge on any atom is -0.497 e. The van der Waals surface area contributed by atoms with E-state index in [1.165, 1.54) is 0 Å². The lowest BCUT2D eigenvalue weighted by molar-refractivity contribution is -0.124. The van der Waals surface area contributed by atoms with Crippen LogP contribution in [0.15, 0.2) is 71.7 Å². The lowest BCUT2D eigenvalue weighted by Crippen LogP contribution is -2.60. The Labute approximate surface area is 226 Å². The second kappa shape index (κ2) is 11.0. The molecule has 3 unspecified atom stereocenters. The van der Waals surface area contributed by atoms with Gasteiger partial charge < -0.3 is 24.6 Å². The number of piperazine rings is 1. The number of ether oxygens (including phenoxy) is 2. The Bertz CT molecular complexity index is 1280. The van der Waals surface area contributed by atoms with Crippen molar-refractivity contribution >= 4 is 35.4 Å². The van der Waals surface area contributed by atoms with Crippen LogP contribution in [-0.4, -0.2) is 62.1 Å². The molecule has 3 atom stereocenters. The number of rotatable bonds is 7. The van der Waals surface area contributed by atoms with Gasteiger partial charge in [0, 0.05) is 35.7 Å². The van der Waals surface area contributed by atoms with Gasteiger partial charge in [0.15, 0.2) is 0 Å². The second-order valence-corrected chi connectivity index (χ2v) is 9.82. The van der Waals surface area contributed by atoms with Crippen molar-refractivity contribution in [3.8, 4) is 11.5 Å². The van der Waals surface area contributed by atoms with Gasteiger partial charge >= 0.3 is 0 Å². The first-order valence-electron chi connectivity index (χ1n) is 12.0. The first-order chi connectivity index (χ1) is 18.0. The van der Waals surface area contributed by atoms with Crippen molar-refractivity contribution in [2.45, 2.75) is 18.2 Å². The predicted octanol–water partition coefficient (Wildman–Crippen LogP) is 4.94. The van der Waals surface area contributed by atoms with Crippen LogP contribution < -0.4 is 14.8 Å². The summed E-state index contributed by atoms with van der Waals surface area (Å²) in [7, 11) is 3.25. The number of hydrogen-bond donors (Lipinski definition) is 1. The molecule has 3 aromatic carbocycles. The zero-order valence-corrected chi connectivity index (χ0v) is 22.1. The minimum atomic E-state index is -0.269. The molecule has 2 aliphatic heterocycles. The number of halogens is 2. The molecular formula is C28H28Cl2N4O3. The summed E-state index contributed by atoms with van der Waals surface area (Å²) in [6.07, 6.45) is 0.651. The summed E-state index contributed by atoms with van der Waals surface area (Å²) in [5.41, 5.74) is 2.86. The largest absolute Gasteiger partial charge is 0.497 e. The molecule has 9 heteroatoms. The number of carbonyl (C=O) groups excluding carboxylic acids is 1. The van der Waals surface area contributed by atoms with E-state index in [-0.39, 0.29) is 18.2 Å². The Morgan fingerprint density at radius 2 is 1.62 bits per heavy atom. The molecule has 1 saturated heterocycles. The molecule has 7 nitrogen and oxygen atoms in total. The Morgan fingerprint density at radius 3 is 2.24 bits per heavy atom. The molecule has 1 N–H and O–H groups in total. The second-order valence-electron chi connectivity index (χ2n) is 8.95. The Balaban J connectivity index is 1.72. The number of carbonyl (C=O) groups is 1. The van der Waals surface area contributed by atoms with Crippen molar-refractivity contribution in [1.29, 1.82) is 0 Å². The average Bonchev–Trinajstić information content (AvgIpc) is 3.33. The molecule has 37 heavy (non-hydrogen) atoms. The SMILES string of the molecule is COc1ccc(C2=NC(c3ccc(Cl)cc3)C(c3ccc(Cl)cc3)N2C2CNCCN2C=O)c(OC)c1. The molecule has 192 valence electrons. The van der Waals surface area contributed by atoms with Crippen LogP contribution in [0.3, 0.4) is 0 Å². The van der Waals surface area contributed by atoms with Crippen LogP contribution in [0.1, 0.15) is 28.8 Å². The summed E-state index contributed by atoms with van der Waals surface area (Å²) in [4.78, 5) is 21.6. The number of amidine groups is 1. The van der Waals surface area contributed by atoms with E-state index < -0.39 is 0 Å². The van der Waals surface area contributed by atoms with E-state index in [1.54, 1.807) is 14.2 Å². The molecule has 1 fully saturated rings. The third kappa shape index (κ3) is 4.99. The number of amides is 1. The number of methoxy groups -OCH3 is 2.